The molecule has 0 saturated heterocycles. The van der Waals surface area contributed by atoms with Crippen LogP contribution < -0.4 is 0 Å². The minimum absolute atomic E-state index is 0.141. The fraction of sp³-hybridized carbons (Fsp3) is 0.400. The minimum Gasteiger partial charge on any atom is -0.332 e. The van der Waals surface area contributed by atoms with Crippen LogP contribution in [0.4, 0.5) is 4.39 Å². The largest absolute Gasteiger partial charge is 0.332 e. The van der Waals surface area contributed by atoms with Gasteiger partial charge in [-0.1, -0.05) is 18.2 Å². The molecule has 1 aromatic heterocycles. The van der Waals surface area contributed by atoms with Gasteiger partial charge in [-0.3, -0.25) is 9.89 Å². The van der Waals surface area contributed by atoms with Crippen LogP contribution in [0.5, 0.6) is 0 Å². The summed E-state index contributed by atoms with van der Waals surface area (Å²) in [6.07, 6.45) is 2.18. The van der Waals surface area contributed by atoms with E-state index in [2.05, 4.69) is 15.2 Å². The van der Waals surface area contributed by atoms with Gasteiger partial charge < -0.3 is 4.90 Å². The molecule has 1 N–H and O–H groups in total. The Bertz CT molecular complexity index is 665. The Balaban J connectivity index is 1.78. The van der Waals surface area contributed by atoms with Crippen LogP contribution in [0.15, 0.2) is 24.3 Å². The third-order valence-electron chi connectivity index (χ3n) is 3.91. The average molecular weight is 288 g/mol. The number of nitrogens with one attached hydrogen (secondary N) is 1. The van der Waals surface area contributed by atoms with Crippen molar-refractivity contribution < 1.29 is 9.18 Å². The van der Waals surface area contributed by atoms with Gasteiger partial charge in [0, 0.05) is 18.5 Å². The topological polar surface area (TPSA) is 61.9 Å². The molecular weight excluding hydrogens is 271 g/mol. The molecule has 2 aromatic rings. The summed E-state index contributed by atoms with van der Waals surface area (Å²) in [6, 6.07) is 6.07. The quantitative estimate of drug-likeness (QED) is 0.940. The number of halogens is 1. The maximum atomic E-state index is 13.8. The predicted molar refractivity (Wildman–Crippen MR) is 75.3 cm³/mol. The maximum absolute atomic E-state index is 13.8. The van der Waals surface area contributed by atoms with Crippen LogP contribution >= 0.6 is 0 Å². The molecule has 0 radical (unpaired) electrons. The van der Waals surface area contributed by atoms with Gasteiger partial charge in [-0.05, 0) is 25.8 Å². The highest BCUT2D eigenvalue weighted by Gasteiger charge is 2.30. The zero-order valence-electron chi connectivity index (χ0n) is 12.0. The number of carbonyl (C=O) groups is 1. The Morgan fingerprint density at radius 2 is 2.14 bits per heavy atom. The molecule has 1 atom stereocenters. The fourth-order valence-electron chi connectivity index (χ4n) is 2.27. The highest BCUT2D eigenvalue weighted by molar-refractivity contribution is 5.90. The number of amides is 1. The molecule has 1 aliphatic rings. The van der Waals surface area contributed by atoms with Crippen molar-refractivity contribution in [3.8, 4) is 0 Å². The molecule has 1 saturated carbocycles. The monoisotopic (exact) mass is 288 g/mol. The molecule has 1 aliphatic carbocycles. The molecule has 1 aromatic carbocycles. The molecule has 6 heteroatoms. The van der Waals surface area contributed by atoms with Crippen LogP contribution in [0.25, 0.3) is 0 Å². The SMILES string of the molecule is CC(c1ccccc1F)N(C)C(=O)c1n[nH]c(C2CC2)n1. The van der Waals surface area contributed by atoms with Crippen LogP contribution in [-0.2, 0) is 0 Å². The molecule has 1 heterocycles. The van der Waals surface area contributed by atoms with E-state index in [-0.39, 0.29) is 23.6 Å². The second kappa shape index (κ2) is 5.27. The number of H-pyrrole nitrogens is 1. The van der Waals surface area contributed by atoms with E-state index in [4.69, 9.17) is 0 Å². The second-order valence-corrected chi connectivity index (χ2v) is 5.43. The van der Waals surface area contributed by atoms with E-state index in [1.54, 1.807) is 32.2 Å². The minimum atomic E-state index is -0.387. The lowest BCUT2D eigenvalue weighted by atomic mass is 10.1. The van der Waals surface area contributed by atoms with Gasteiger partial charge in [0.15, 0.2) is 0 Å². The van der Waals surface area contributed by atoms with Crippen LogP contribution in [0.3, 0.4) is 0 Å². The molecule has 1 fully saturated rings. The zero-order chi connectivity index (χ0) is 15.0. The predicted octanol–water partition coefficient (Wildman–Crippen LogP) is 2.65. The van der Waals surface area contributed by atoms with Crippen LogP contribution in [0, 0.1) is 5.82 Å². The number of rotatable bonds is 4. The Labute approximate surface area is 122 Å². The number of hydrogen-bond acceptors (Lipinski definition) is 3. The number of aromatic nitrogens is 3. The number of aromatic amines is 1. The lowest BCUT2D eigenvalue weighted by molar-refractivity contribution is 0.0728. The Hall–Kier alpha value is -2.24. The highest BCUT2D eigenvalue weighted by Crippen LogP contribution is 2.37. The van der Waals surface area contributed by atoms with Gasteiger partial charge in [-0.2, -0.15) is 0 Å². The van der Waals surface area contributed by atoms with Gasteiger partial charge in [0.05, 0.1) is 6.04 Å². The van der Waals surface area contributed by atoms with Crippen molar-refractivity contribution in [3.05, 3.63) is 47.3 Å². The number of hydrogen-bond donors (Lipinski definition) is 1. The van der Waals surface area contributed by atoms with Gasteiger partial charge in [0.2, 0.25) is 5.82 Å². The molecule has 21 heavy (non-hydrogen) atoms. The van der Waals surface area contributed by atoms with Crippen molar-refractivity contribution in [3.63, 3.8) is 0 Å². The summed E-state index contributed by atoms with van der Waals surface area (Å²) < 4.78 is 13.8. The number of benzene rings is 1. The van der Waals surface area contributed by atoms with Crippen molar-refractivity contribution in [1.29, 1.82) is 0 Å². The second-order valence-electron chi connectivity index (χ2n) is 5.43. The maximum Gasteiger partial charge on any atom is 0.293 e. The van der Waals surface area contributed by atoms with Gasteiger partial charge in [-0.15, -0.1) is 5.10 Å². The van der Waals surface area contributed by atoms with Gasteiger partial charge >= 0.3 is 0 Å². The smallest absolute Gasteiger partial charge is 0.293 e. The summed E-state index contributed by atoms with van der Waals surface area (Å²) in [5.74, 6) is 0.688. The van der Waals surface area contributed by atoms with Crippen molar-refractivity contribution in [2.45, 2.75) is 31.7 Å². The first-order valence-electron chi connectivity index (χ1n) is 7.02. The normalized spacial score (nSPS) is 15.8. The van der Waals surface area contributed by atoms with Crippen molar-refractivity contribution in [2.24, 2.45) is 0 Å². The van der Waals surface area contributed by atoms with E-state index < -0.39 is 0 Å². The Kier molecular flexibility index (Phi) is 3.45. The molecule has 3 rings (SSSR count). The molecule has 0 aliphatic heterocycles. The number of nitrogens with zero attached hydrogens (tertiary/aromatic N) is 3. The van der Waals surface area contributed by atoms with Crippen LogP contribution in [0.1, 0.15) is 53.7 Å². The highest BCUT2D eigenvalue weighted by atomic mass is 19.1. The van der Waals surface area contributed by atoms with Crippen molar-refractivity contribution >= 4 is 5.91 Å². The van der Waals surface area contributed by atoms with Crippen molar-refractivity contribution in [1.82, 2.24) is 20.1 Å². The third-order valence-corrected chi connectivity index (χ3v) is 3.91. The van der Waals surface area contributed by atoms with E-state index in [0.717, 1.165) is 18.7 Å². The van der Waals surface area contributed by atoms with Gasteiger partial charge in [0.25, 0.3) is 5.91 Å². The molecule has 5 nitrogen and oxygen atoms in total. The van der Waals surface area contributed by atoms with E-state index in [1.165, 1.54) is 11.0 Å². The summed E-state index contributed by atoms with van der Waals surface area (Å²) in [5.41, 5.74) is 0.478. The number of carbonyl (C=O) groups excluding carboxylic acids is 1. The van der Waals surface area contributed by atoms with Crippen LogP contribution in [-0.4, -0.2) is 33.0 Å². The lowest BCUT2D eigenvalue weighted by Gasteiger charge is -2.24. The molecule has 110 valence electrons. The summed E-state index contributed by atoms with van der Waals surface area (Å²) in [7, 11) is 1.63. The first-order chi connectivity index (χ1) is 10.1. The fourth-order valence-corrected chi connectivity index (χ4v) is 2.27. The van der Waals surface area contributed by atoms with E-state index in [1.807, 2.05) is 0 Å². The summed E-state index contributed by atoms with van der Waals surface area (Å²) in [4.78, 5) is 18.1. The standard InChI is InChI=1S/C15H17FN4O/c1-9(11-5-3-4-6-12(11)16)20(2)15(21)14-17-13(18-19-14)10-7-8-10/h3-6,9-10H,7-8H2,1-2H3,(H,17,18,19). The van der Waals surface area contributed by atoms with E-state index in [0.29, 0.717) is 11.5 Å². The molecule has 0 spiro atoms. The first-order valence-corrected chi connectivity index (χ1v) is 7.02. The van der Waals surface area contributed by atoms with Gasteiger partial charge in [0.1, 0.15) is 11.6 Å². The van der Waals surface area contributed by atoms with E-state index >= 15 is 0 Å². The summed E-state index contributed by atoms with van der Waals surface area (Å²) >= 11 is 0. The summed E-state index contributed by atoms with van der Waals surface area (Å²) in [5, 5.41) is 6.79. The Morgan fingerprint density at radius 3 is 2.81 bits per heavy atom. The zero-order valence-corrected chi connectivity index (χ0v) is 12.0. The van der Waals surface area contributed by atoms with E-state index in [9.17, 15) is 9.18 Å². The van der Waals surface area contributed by atoms with Crippen molar-refractivity contribution in [2.75, 3.05) is 7.05 Å². The third kappa shape index (κ3) is 2.66. The molecule has 1 unspecified atom stereocenters. The summed E-state index contributed by atoms with van der Waals surface area (Å²) in [6.45, 7) is 1.78. The molecular formula is C15H17FN4O. The first kappa shape index (κ1) is 13.7. The average Bonchev–Trinajstić information content (AvgIpc) is 3.23. The van der Waals surface area contributed by atoms with Gasteiger partial charge in [-0.25, -0.2) is 9.37 Å². The van der Waals surface area contributed by atoms with Crippen LogP contribution in [0.2, 0.25) is 0 Å². The Morgan fingerprint density at radius 1 is 1.43 bits per heavy atom. The molecule has 0 bridgehead atoms. The lowest BCUT2D eigenvalue weighted by Crippen LogP contribution is -2.31. The molecule has 1 amide bonds.